The van der Waals surface area contributed by atoms with Gasteiger partial charge in [0.15, 0.2) is 6.10 Å². The molecule has 1 aromatic heterocycles. The van der Waals surface area contributed by atoms with Gasteiger partial charge in [0.25, 0.3) is 5.91 Å². The molecule has 1 fully saturated rings. The highest BCUT2D eigenvalue weighted by Gasteiger charge is 2.35. The Balaban J connectivity index is 1.41. The minimum atomic E-state index is -0.906. The molecule has 4 rings (SSSR count). The van der Waals surface area contributed by atoms with Crippen LogP contribution in [0.1, 0.15) is 29.8 Å². The van der Waals surface area contributed by atoms with Crippen molar-refractivity contribution in [2.75, 3.05) is 13.2 Å². The van der Waals surface area contributed by atoms with E-state index in [2.05, 4.69) is 10.3 Å². The highest BCUT2D eigenvalue weighted by Crippen LogP contribution is 2.31. The van der Waals surface area contributed by atoms with Gasteiger partial charge in [-0.2, -0.15) is 5.26 Å². The minimum absolute atomic E-state index is 0.192. The molecule has 7 nitrogen and oxygen atoms in total. The first-order chi connectivity index (χ1) is 14.2. The number of aliphatic hydroxyl groups is 1. The van der Waals surface area contributed by atoms with Crippen LogP contribution in [0.25, 0.3) is 10.9 Å². The number of hydrogen-bond donors (Lipinski definition) is 3. The molecule has 0 radical (unpaired) electrons. The summed E-state index contributed by atoms with van der Waals surface area (Å²) in [7, 11) is 0. The fourth-order valence-corrected chi connectivity index (χ4v) is 3.50. The van der Waals surface area contributed by atoms with Gasteiger partial charge in [0.05, 0.1) is 25.1 Å². The SMILES string of the molecule is N#CCCOc1ccc(C(O)C2COC(c3c[nH]c4ccccc34)C(=O)N2)cc1. The molecule has 3 atom stereocenters. The number of hydrogen-bond acceptors (Lipinski definition) is 5. The van der Waals surface area contributed by atoms with Crippen LogP contribution in [-0.2, 0) is 9.53 Å². The van der Waals surface area contributed by atoms with E-state index in [0.717, 1.165) is 16.5 Å². The summed E-state index contributed by atoms with van der Waals surface area (Å²) in [5, 5.41) is 23.0. The molecular formula is C22H21N3O4. The van der Waals surface area contributed by atoms with Crippen molar-refractivity contribution in [1.82, 2.24) is 10.3 Å². The van der Waals surface area contributed by atoms with Crippen LogP contribution in [0.3, 0.4) is 0 Å². The smallest absolute Gasteiger partial charge is 0.254 e. The summed E-state index contributed by atoms with van der Waals surface area (Å²) in [6, 6.07) is 16.1. The Morgan fingerprint density at radius 1 is 1.24 bits per heavy atom. The van der Waals surface area contributed by atoms with Crippen LogP contribution in [0.2, 0.25) is 0 Å². The number of nitrogens with one attached hydrogen (secondary N) is 2. The zero-order valence-corrected chi connectivity index (χ0v) is 15.7. The van der Waals surface area contributed by atoms with Gasteiger partial charge in [-0.3, -0.25) is 4.79 Å². The minimum Gasteiger partial charge on any atom is -0.493 e. The topological polar surface area (TPSA) is 107 Å². The second-order valence-corrected chi connectivity index (χ2v) is 6.89. The predicted molar refractivity (Wildman–Crippen MR) is 106 cm³/mol. The van der Waals surface area contributed by atoms with Crippen molar-refractivity contribution in [3.63, 3.8) is 0 Å². The molecule has 3 N–H and O–H groups in total. The highest BCUT2D eigenvalue weighted by atomic mass is 16.5. The monoisotopic (exact) mass is 391 g/mol. The number of nitriles is 1. The number of carbonyl (C=O) groups excluding carboxylic acids is 1. The van der Waals surface area contributed by atoms with Crippen LogP contribution < -0.4 is 10.1 Å². The van der Waals surface area contributed by atoms with Gasteiger partial charge in [-0.15, -0.1) is 0 Å². The summed E-state index contributed by atoms with van der Waals surface area (Å²) in [6.07, 6.45) is 0.478. The number of morpholine rings is 1. The molecule has 0 aliphatic carbocycles. The van der Waals surface area contributed by atoms with Gasteiger partial charge in [0.1, 0.15) is 18.5 Å². The van der Waals surface area contributed by atoms with E-state index >= 15 is 0 Å². The van der Waals surface area contributed by atoms with E-state index in [0.29, 0.717) is 24.3 Å². The first kappa shape index (κ1) is 19.0. The quantitative estimate of drug-likeness (QED) is 0.560. The number of amides is 1. The third kappa shape index (κ3) is 3.94. The fraction of sp³-hybridized carbons (Fsp3) is 0.273. The molecule has 0 saturated carbocycles. The number of aromatic nitrogens is 1. The molecular weight excluding hydrogens is 370 g/mol. The van der Waals surface area contributed by atoms with E-state index in [4.69, 9.17) is 14.7 Å². The second-order valence-electron chi connectivity index (χ2n) is 6.89. The Kier molecular flexibility index (Phi) is 5.47. The molecule has 1 aliphatic heterocycles. The van der Waals surface area contributed by atoms with Crippen LogP contribution in [0.5, 0.6) is 5.75 Å². The van der Waals surface area contributed by atoms with Crippen molar-refractivity contribution in [3.8, 4) is 11.8 Å². The molecule has 3 aromatic rings. The van der Waals surface area contributed by atoms with Gasteiger partial charge in [-0.1, -0.05) is 30.3 Å². The third-order valence-electron chi connectivity index (χ3n) is 5.00. The maximum atomic E-state index is 12.7. The Hall–Kier alpha value is -3.34. The summed E-state index contributed by atoms with van der Waals surface area (Å²) in [5.41, 5.74) is 2.38. The van der Waals surface area contributed by atoms with E-state index in [1.165, 1.54) is 0 Å². The Morgan fingerprint density at radius 3 is 2.79 bits per heavy atom. The Bertz CT molecular complexity index is 1040. The van der Waals surface area contributed by atoms with Gasteiger partial charge in [0, 0.05) is 22.7 Å². The summed E-state index contributed by atoms with van der Waals surface area (Å²) in [4.78, 5) is 15.8. The average Bonchev–Trinajstić information content (AvgIpc) is 3.18. The molecule has 1 aliphatic rings. The summed E-state index contributed by atoms with van der Waals surface area (Å²) in [6.45, 7) is 0.512. The fourth-order valence-electron chi connectivity index (χ4n) is 3.50. The Morgan fingerprint density at radius 2 is 2.03 bits per heavy atom. The molecule has 1 saturated heterocycles. The zero-order chi connectivity index (χ0) is 20.2. The lowest BCUT2D eigenvalue weighted by Gasteiger charge is -2.32. The molecule has 7 heteroatoms. The average molecular weight is 391 g/mol. The molecule has 148 valence electrons. The summed E-state index contributed by atoms with van der Waals surface area (Å²) < 4.78 is 11.3. The summed E-state index contributed by atoms with van der Waals surface area (Å²) in [5.74, 6) is 0.348. The van der Waals surface area contributed by atoms with Crippen molar-refractivity contribution >= 4 is 16.8 Å². The van der Waals surface area contributed by atoms with Crippen molar-refractivity contribution in [3.05, 3.63) is 65.9 Å². The van der Waals surface area contributed by atoms with E-state index < -0.39 is 18.2 Å². The van der Waals surface area contributed by atoms with Crippen molar-refractivity contribution in [1.29, 1.82) is 5.26 Å². The molecule has 0 spiro atoms. The number of para-hydroxylation sites is 1. The maximum absolute atomic E-state index is 12.7. The number of nitrogens with zero attached hydrogens (tertiary/aromatic N) is 1. The number of carbonyl (C=O) groups is 1. The van der Waals surface area contributed by atoms with Gasteiger partial charge >= 0.3 is 0 Å². The van der Waals surface area contributed by atoms with Crippen molar-refractivity contribution < 1.29 is 19.4 Å². The van der Waals surface area contributed by atoms with E-state index in [9.17, 15) is 9.90 Å². The molecule has 2 heterocycles. The number of fused-ring (bicyclic) bond motifs is 1. The van der Waals surface area contributed by atoms with Crippen LogP contribution in [0, 0.1) is 11.3 Å². The van der Waals surface area contributed by atoms with E-state index in [1.54, 1.807) is 30.5 Å². The lowest BCUT2D eigenvalue weighted by atomic mass is 9.99. The number of aliphatic hydroxyl groups excluding tert-OH is 1. The first-order valence-corrected chi connectivity index (χ1v) is 9.43. The Labute approximate surface area is 167 Å². The lowest BCUT2D eigenvalue weighted by molar-refractivity contribution is -0.144. The normalized spacial score (nSPS) is 20.1. The van der Waals surface area contributed by atoms with Gasteiger partial charge in [-0.05, 0) is 23.8 Å². The van der Waals surface area contributed by atoms with Gasteiger partial charge < -0.3 is 24.9 Å². The number of aromatic amines is 1. The largest absolute Gasteiger partial charge is 0.493 e. The number of rotatable bonds is 6. The second kappa shape index (κ2) is 8.35. The lowest BCUT2D eigenvalue weighted by Crippen LogP contribution is -2.50. The summed E-state index contributed by atoms with van der Waals surface area (Å²) >= 11 is 0. The van der Waals surface area contributed by atoms with Gasteiger partial charge in [-0.25, -0.2) is 0 Å². The van der Waals surface area contributed by atoms with Crippen LogP contribution in [0.4, 0.5) is 0 Å². The molecule has 1 amide bonds. The molecule has 29 heavy (non-hydrogen) atoms. The van der Waals surface area contributed by atoms with E-state index in [1.807, 2.05) is 30.3 Å². The number of benzene rings is 2. The van der Waals surface area contributed by atoms with E-state index in [-0.39, 0.29) is 12.5 Å². The highest BCUT2D eigenvalue weighted by molar-refractivity contribution is 5.91. The van der Waals surface area contributed by atoms with Crippen LogP contribution >= 0.6 is 0 Å². The number of H-pyrrole nitrogens is 1. The number of ether oxygens (including phenoxy) is 2. The van der Waals surface area contributed by atoms with Crippen LogP contribution in [0.15, 0.2) is 54.7 Å². The zero-order valence-electron chi connectivity index (χ0n) is 15.7. The third-order valence-corrected chi connectivity index (χ3v) is 5.00. The molecule has 0 bridgehead atoms. The predicted octanol–water partition coefficient (Wildman–Crippen LogP) is 2.75. The van der Waals surface area contributed by atoms with Crippen molar-refractivity contribution in [2.45, 2.75) is 24.7 Å². The standard InChI is InChI=1S/C22H21N3O4/c23-10-3-11-28-15-8-6-14(7-9-15)20(26)19-13-29-21(22(27)25-19)17-12-24-18-5-2-1-4-16(17)18/h1-2,4-9,12,19-21,24,26H,3,11,13H2,(H,25,27). The first-order valence-electron chi connectivity index (χ1n) is 9.43. The molecule has 3 unspecified atom stereocenters. The van der Waals surface area contributed by atoms with Crippen LogP contribution in [-0.4, -0.2) is 35.3 Å². The maximum Gasteiger partial charge on any atom is 0.254 e. The molecule has 2 aromatic carbocycles. The van der Waals surface area contributed by atoms with Gasteiger partial charge in [0.2, 0.25) is 0 Å². The van der Waals surface area contributed by atoms with Crippen molar-refractivity contribution in [2.24, 2.45) is 0 Å².